The Labute approximate surface area is 158 Å². The number of aryl methyl sites for hydroxylation is 1. The molecular formula is C19H18F3N3OS. The SMILES string of the molecule is Cc1ccc2sc(CNC(C)(C(N)=O)c3cccc(C(F)(F)F)c3)nc2c1. The molecule has 142 valence electrons. The number of amides is 1. The highest BCUT2D eigenvalue weighted by atomic mass is 32.1. The van der Waals surface area contributed by atoms with Crippen molar-refractivity contribution >= 4 is 27.5 Å². The van der Waals surface area contributed by atoms with Gasteiger partial charge in [0.05, 0.1) is 15.8 Å². The van der Waals surface area contributed by atoms with Crippen molar-refractivity contribution in [3.05, 3.63) is 64.2 Å². The van der Waals surface area contributed by atoms with Gasteiger partial charge in [0.1, 0.15) is 10.5 Å². The van der Waals surface area contributed by atoms with Crippen LogP contribution in [0, 0.1) is 6.92 Å². The topological polar surface area (TPSA) is 68.0 Å². The standard InChI is InChI=1S/C19H18F3N3OS/c1-11-6-7-15-14(8-11)25-16(27-15)10-24-18(2,17(23)26)12-4-3-5-13(9-12)19(20,21)22/h3-9,24H,10H2,1-2H3,(H2,23,26). The van der Waals surface area contributed by atoms with E-state index < -0.39 is 23.2 Å². The summed E-state index contributed by atoms with van der Waals surface area (Å²) in [5.74, 6) is -0.765. The van der Waals surface area contributed by atoms with Crippen LogP contribution in [0.2, 0.25) is 0 Å². The van der Waals surface area contributed by atoms with Gasteiger partial charge in [0.15, 0.2) is 0 Å². The number of rotatable bonds is 5. The van der Waals surface area contributed by atoms with Crippen molar-refractivity contribution in [1.29, 1.82) is 0 Å². The van der Waals surface area contributed by atoms with Crippen LogP contribution in [0.1, 0.15) is 28.6 Å². The Kier molecular flexibility index (Phi) is 4.96. The van der Waals surface area contributed by atoms with E-state index in [0.29, 0.717) is 0 Å². The molecule has 0 bridgehead atoms. The van der Waals surface area contributed by atoms with Crippen molar-refractivity contribution in [1.82, 2.24) is 10.3 Å². The highest BCUT2D eigenvalue weighted by Gasteiger charge is 2.36. The normalized spacial score (nSPS) is 14.3. The quantitative estimate of drug-likeness (QED) is 0.685. The summed E-state index contributed by atoms with van der Waals surface area (Å²) in [4.78, 5) is 16.6. The van der Waals surface area contributed by atoms with Crippen LogP contribution in [0.5, 0.6) is 0 Å². The van der Waals surface area contributed by atoms with Gasteiger partial charge in [-0.3, -0.25) is 10.1 Å². The molecule has 0 saturated heterocycles. The number of primary amides is 1. The molecule has 1 atom stereocenters. The van der Waals surface area contributed by atoms with Crippen LogP contribution < -0.4 is 11.1 Å². The average Bonchev–Trinajstić information content (AvgIpc) is 3.01. The predicted molar refractivity (Wildman–Crippen MR) is 99.2 cm³/mol. The summed E-state index contributed by atoms with van der Waals surface area (Å²) < 4.78 is 40.0. The van der Waals surface area contributed by atoms with Gasteiger partial charge in [0.25, 0.3) is 0 Å². The Morgan fingerprint density at radius 2 is 1.89 bits per heavy atom. The fraction of sp³-hybridized carbons (Fsp3) is 0.263. The van der Waals surface area contributed by atoms with E-state index in [1.807, 2.05) is 25.1 Å². The Bertz CT molecular complexity index is 999. The van der Waals surface area contributed by atoms with Crippen molar-refractivity contribution in [3.8, 4) is 0 Å². The maximum Gasteiger partial charge on any atom is 0.416 e. The molecule has 1 aromatic heterocycles. The van der Waals surface area contributed by atoms with Crippen molar-refractivity contribution in [2.24, 2.45) is 5.73 Å². The summed E-state index contributed by atoms with van der Waals surface area (Å²) in [5, 5.41) is 3.71. The summed E-state index contributed by atoms with van der Waals surface area (Å²) in [6.07, 6.45) is -4.50. The maximum atomic E-state index is 13.0. The molecule has 3 N–H and O–H groups in total. The zero-order valence-corrected chi connectivity index (χ0v) is 15.5. The molecule has 0 saturated carbocycles. The fourth-order valence-corrected chi connectivity index (χ4v) is 3.64. The lowest BCUT2D eigenvalue weighted by Crippen LogP contribution is -2.50. The van der Waals surface area contributed by atoms with Crippen molar-refractivity contribution in [2.75, 3.05) is 0 Å². The van der Waals surface area contributed by atoms with Crippen LogP contribution in [0.3, 0.4) is 0 Å². The molecule has 0 aliphatic heterocycles. The van der Waals surface area contributed by atoms with Crippen molar-refractivity contribution in [2.45, 2.75) is 32.1 Å². The number of thiazole rings is 1. The van der Waals surface area contributed by atoms with Gasteiger partial charge in [0, 0.05) is 6.54 Å². The number of benzene rings is 2. The second-order valence-electron chi connectivity index (χ2n) is 6.50. The highest BCUT2D eigenvalue weighted by molar-refractivity contribution is 7.18. The minimum atomic E-state index is -4.50. The van der Waals surface area contributed by atoms with Crippen molar-refractivity contribution in [3.63, 3.8) is 0 Å². The summed E-state index contributed by atoms with van der Waals surface area (Å²) in [6.45, 7) is 3.64. The Morgan fingerprint density at radius 3 is 2.56 bits per heavy atom. The third-order valence-electron chi connectivity index (χ3n) is 4.44. The van der Waals surface area contributed by atoms with Gasteiger partial charge < -0.3 is 5.73 Å². The third-order valence-corrected chi connectivity index (χ3v) is 5.48. The molecular weight excluding hydrogens is 375 g/mol. The largest absolute Gasteiger partial charge is 0.416 e. The molecule has 0 aliphatic carbocycles. The second kappa shape index (κ2) is 6.94. The smallest absolute Gasteiger partial charge is 0.368 e. The molecule has 0 radical (unpaired) electrons. The minimum Gasteiger partial charge on any atom is -0.368 e. The first-order valence-electron chi connectivity index (χ1n) is 8.18. The van der Waals surface area contributed by atoms with Gasteiger partial charge in [-0.2, -0.15) is 13.2 Å². The first-order chi connectivity index (χ1) is 12.6. The Morgan fingerprint density at radius 1 is 1.19 bits per heavy atom. The van der Waals surface area contributed by atoms with E-state index in [4.69, 9.17) is 5.73 Å². The molecule has 1 heterocycles. The second-order valence-corrected chi connectivity index (χ2v) is 7.62. The van der Waals surface area contributed by atoms with Crippen molar-refractivity contribution < 1.29 is 18.0 Å². The van der Waals surface area contributed by atoms with E-state index in [-0.39, 0.29) is 12.1 Å². The Balaban J connectivity index is 1.89. The van der Waals surface area contributed by atoms with Crippen LogP contribution in [-0.2, 0) is 23.1 Å². The number of nitrogens with two attached hydrogens (primary N) is 1. The number of fused-ring (bicyclic) bond motifs is 1. The predicted octanol–water partition coefficient (Wildman–Crippen LogP) is 4.11. The number of hydrogen-bond acceptors (Lipinski definition) is 4. The van der Waals surface area contributed by atoms with Gasteiger partial charge in [0.2, 0.25) is 5.91 Å². The zero-order chi connectivity index (χ0) is 19.8. The average molecular weight is 393 g/mol. The lowest BCUT2D eigenvalue weighted by atomic mass is 9.90. The van der Waals surface area contributed by atoms with Gasteiger partial charge >= 0.3 is 6.18 Å². The molecule has 2 aromatic carbocycles. The molecule has 1 amide bonds. The van der Waals surface area contributed by atoms with Crippen LogP contribution in [0.4, 0.5) is 13.2 Å². The van der Waals surface area contributed by atoms with Crippen LogP contribution in [0.25, 0.3) is 10.2 Å². The molecule has 3 rings (SSSR count). The molecule has 3 aromatic rings. The lowest BCUT2D eigenvalue weighted by molar-refractivity contribution is -0.138. The van der Waals surface area contributed by atoms with Crippen LogP contribution >= 0.6 is 11.3 Å². The third kappa shape index (κ3) is 3.96. The number of hydrogen-bond donors (Lipinski definition) is 2. The first-order valence-corrected chi connectivity index (χ1v) is 9.00. The number of carbonyl (C=O) groups excluding carboxylic acids is 1. The molecule has 27 heavy (non-hydrogen) atoms. The zero-order valence-electron chi connectivity index (χ0n) is 14.7. The van der Waals surface area contributed by atoms with E-state index in [2.05, 4.69) is 10.3 Å². The number of nitrogens with one attached hydrogen (secondary N) is 1. The summed E-state index contributed by atoms with van der Waals surface area (Å²) in [5.41, 5.74) is 5.31. The molecule has 0 spiro atoms. The number of carbonyl (C=O) groups is 1. The van der Waals surface area contributed by atoms with Gasteiger partial charge in [-0.1, -0.05) is 18.2 Å². The minimum absolute atomic E-state index is 0.154. The molecule has 0 fully saturated rings. The van der Waals surface area contributed by atoms with E-state index in [0.717, 1.165) is 32.9 Å². The highest BCUT2D eigenvalue weighted by Crippen LogP contribution is 2.32. The monoisotopic (exact) mass is 393 g/mol. The van der Waals surface area contributed by atoms with Crippen LogP contribution in [-0.4, -0.2) is 10.9 Å². The van der Waals surface area contributed by atoms with E-state index in [9.17, 15) is 18.0 Å². The first kappa shape index (κ1) is 19.3. The van der Waals surface area contributed by atoms with Gasteiger partial charge in [-0.15, -0.1) is 11.3 Å². The Hall–Kier alpha value is -2.45. The number of aromatic nitrogens is 1. The van der Waals surface area contributed by atoms with Gasteiger partial charge in [-0.25, -0.2) is 4.98 Å². The van der Waals surface area contributed by atoms with E-state index >= 15 is 0 Å². The molecule has 1 unspecified atom stereocenters. The summed E-state index contributed by atoms with van der Waals surface area (Å²) in [6, 6.07) is 10.5. The van der Waals surface area contributed by atoms with E-state index in [1.165, 1.54) is 30.4 Å². The van der Waals surface area contributed by atoms with E-state index in [1.54, 1.807) is 0 Å². The maximum absolute atomic E-state index is 13.0. The molecule has 0 aliphatic rings. The summed E-state index contributed by atoms with van der Waals surface area (Å²) in [7, 11) is 0. The number of alkyl halides is 3. The number of halogens is 3. The van der Waals surface area contributed by atoms with Crippen LogP contribution in [0.15, 0.2) is 42.5 Å². The molecule has 8 heteroatoms. The fourth-order valence-electron chi connectivity index (χ4n) is 2.75. The van der Waals surface area contributed by atoms with Gasteiger partial charge in [-0.05, 0) is 49.2 Å². The number of nitrogens with zero attached hydrogens (tertiary/aromatic N) is 1. The molecule has 4 nitrogen and oxygen atoms in total. The summed E-state index contributed by atoms with van der Waals surface area (Å²) >= 11 is 1.46. The lowest BCUT2D eigenvalue weighted by Gasteiger charge is -2.28.